The van der Waals surface area contributed by atoms with Crippen molar-refractivity contribution in [3.8, 4) is 0 Å². The minimum absolute atomic E-state index is 0.455. The van der Waals surface area contributed by atoms with Gasteiger partial charge in [-0.3, -0.25) is 4.79 Å². The Labute approximate surface area is 113 Å². The van der Waals surface area contributed by atoms with Crippen molar-refractivity contribution in [2.45, 2.75) is 72.1 Å². The summed E-state index contributed by atoms with van der Waals surface area (Å²) in [5, 5.41) is 0. The molecule has 2 aliphatic carbocycles. The van der Waals surface area contributed by atoms with Crippen LogP contribution in [0.5, 0.6) is 0 Å². The summed E-state index contributed by atoms with van der Waals surface area (Å²) in [5.41, 5.74) is 0. The van der Waals surface area contributed by atoms with Crippen molar-refractivity contribution in [1.29, 1.82) is 0 Å². The summed E-state index contributed by atoms with van der Waals surface area (Å²) >= 11 is 0. The fourth-order valence-electron chi connectivity index (χ4n) is 4.38. The number of fused-ring (bicyclic) bond motifs is 1. The van der Waals surface area contributed by atoms with Gasteiger partial charge >= 0.3 is 0 Å². The first-order chi connectivity index (χ1) is 8.59. The number of carbonyl (C=O) groups excluding carboxylic acids is 1. The maximum absolute atomic E-state index is 11.9. The average molecular weight is 250 g/mol. The number of carbonyl (C=O) groups is 1. The molecule has 0 saturated heterocycles. The highest BCUT2D eigenvalue weighted by Crippen LogP contribution is 2.48. The van der Waals surface area contributed by atoms with E-state index in [1.165, 1.54) is 38.5 Å². The molecule has 0 amide bonds. The Morgan fingerprint density at radius 3 is 2.61 bits per heavy atom. The Morgan fingerprint density at radius 2 is 1.89 bits per heavy atom. The summed E-state index contributed by atoms with van der Waals surface area (Å²) < 4.78 is 0. The van der Waals surface area contributed by atoms with Crippen molar-refractivity contribution in [3.63, 3.8) is 0 Å². The van der Waals surface area contributed by atoms with E-state index in [1.54, 1.807) is 0 Å². The summed E-state index contributed by atoms with van der Waals surface area (Å²) in [7, 11) is 0. The van der Waals surface area contributed by atoms with Gasteiger partial charge in [0.25, 0.3) is 0 Å². The summed E-state index contributed by atoms with van der Waals surface area (Å²) in [6.07, 6.45) is 10.00. The Balaban J connectivity index is 1.83. The fourth-order valence-corrected chi connectivity index (χ4v) is 4.38. The molecule has 2 rings (SSSR count). The van der Waals surface area contributed by atoms with Gasteiger partial charge in [-0.15, -0.1) is 0 Å². The van der Waals surface area contributed by atoms with Gasteiger partial charge in [-0.2, -0.15) is 0 Å². The second kappa shape index (κ2) is 6.21. The Morgan fingerprint density at radius 1 is 1.11 bits per heavy atom. The van der Waals surface area contributed by atoms with Gasteiger partial charge in [-0.05, 0) is 49.4 Å². The zero-order valence-electron chi connectivity index (χ0n) is 12.5. The highest BCUT2D eigenvalue weighted by molar-refractivity contribution is 5.82. The molecule has 104 valence electrons. The predicted octanol–water partition coefficient (Wildman–Crippen LogP) is 4.84. The molecule has 0 N–H and O–H groups in total. The lowest BCUT2D eigenvalue weighted by Gasteiger charge is -2.31. The van der Waals surface area contributed by atoms with E-state index >= 15 is 0 Å². The molecule has 1 nitrogen and oxygen atoms in total. The normalized spacial score (nSPS) is 33.8. The summed E-state index contributed by atoms with van der Waals surface area (Å²) in [6.45, 7) is 7.07. The van der Waals surface area contributed by atoms with Gasteiger partial charge in [0.1, 0.15) is 5.78 Å². The molecule has 2 aliphatic rings. The van der Waals surface area contributed by atoms with E-state index in [4.69, 9.17) is 0 Å². The zero-order valence-corrected chi connectivity index (χ0v) is 12.5. The van der Waals surface area contributed by atoms with E-state index in [2.05, 4.69) is 20.8 Å². The van der Waals surface area contributed by atoms with Crippen molar-refractivity contribution < 1.29 is 4.79 Å². The molecular weight excluding hydrogens is 220 g/mol. The average Bonchev–Trinajstić information content (AvgIpc) is 2.73. The van der Waals surface area contributed by atoms with E-state index in [-0.39, 0.29) is 0 Å². The molecule has 0 aromatic heterocycles. The van der Waals surface area contributed by atoms with Crippen LogP contribution >= 0.6 is 0 Å². The molecule has 2 fully saturated rings. The highest BCUT2D eigenvalue weighted by atomic mass is 16.1. The quantitative estimate of drug-likeness (QED) is 0.682. The molecule has 1 heteroatoms. The molecule has 4 atom stereocenters. The third-order valence-corrected chi connectivity index (χ3v) is 5.42. The van der Waals surface area contributed by atoms with Crippen LogP contribution in [-0.4, -0.2) is 5.78 Å². The topological polar surface area (TPSA) is 17.1 Å². The van der Waals surface area contributed by atoms with E-state index in [9.17, 15) is 4.79 Å². The van der Waals surface area contributed by atoms with Gasteiger partial charge in [0.15, 0.2) is 0 Å². The van der Waals surface area contributed by atoms with Gasteiger partial charge in [-0.1, -0.05) is 40.0 Å². The van der Waals surface area contributed by atoms with Crippen LogP contribution in [0.25, 0.3) is 0 Å². The number of hydrogen-bond donors (Lipinski definition) is 0. The Kier molecular flexibility index (Phi) is 4.86. The molecule has 2 saturated carbocycles. The zero-order chi connectivity index (χ0) is 13.1. The lowest BCUT2D eigenvalue weighted by Crippen LogP contribution is -2.29. The van der Waals surface area contributed by atoms with Crippen LogP contribution < -0.4 is 0 Å². The monoisotopic (exact) mass is 250 g/mol. The van der Waals surface area contributed by atoms with Crippen molar-refractivity contribution in [2.24, 2.45) is 29.6 Å². The highest BCUT2D eigenvalue weighted by Gasteiger charge is 2.43. The molecule has 0 spiro atoms. The lowest BCUT2D eigenvalue weighted by molar-refractivity contribution is -0.126. The minimum atomic E-state index is 0.455. The van der Waals surface area contributed by atoms with Crippen LogP contribution in [0.1, 0.15) is 72.1 Å². The number of ketones is 1. The third kappa shape index (κ3) is 3.16. The number of hydrogen-bond acceptors (Lipinski definition) is 1. The Hall–Kier alpha value is -0.330. The van der Waals surface area contributed by atoms with Crippen LogP contribution in [0, 0.1) is 29.6 Å². The van der Waals surface area contributed by atoms with Crippen LogP contribution in [0.2, 0.25) is 0 Å². The maximum Gasteiger partial charge on any atom is 0.136 e. The van der Waals surface area contributed by atoms with Gasteiger partial charge in [0, 0.05) is 12.3 Å². The first-order valence-corrected chi connectivity index (χ1v) is 8.12. The van der Waals surface area contributed by atoms with Gasteiger partial charge < -0.3 is 0 Å². The van der Waals surface area contributed by atoms with E-state index in [0.717, 1.165) is 36.5 Å². The standard InChI is InChI=1S/C17H30O/c1-12(2)6-4-7-13(3)14-10-11-16-15(14)8-5-9-17(16)18/h12-16H,4-11H2,1-3H3/t13-,14?,15+,16+/m0/s1. The van der Waals surface area contributed by atoms with Gasteiger partial charge in [-0.25, -0.2) is 0 Å². The maximum atomic E-state index is 11.9. The van der Waals surface area contributed by atoms with Crippen molar-refractivity contribution in [1.82, 2.24) is 0 Å². The van der Waals surface area contributed by atoms with Crippen LogP contribution in [-0.2, 0) is 4.79 Å². The van der Waals surface area contributed by atoms with Gasteiger partial charge in [0.05, 0.1) is 0 Å². The molecule has 0 aliphatic heterocycles. The molecule has 18 heavy (non-hydrogen) atoms. The molecule has 0 aromatic rings. The Bertz CT molecular complexity index is 281. The molecule has 0 aromatic carbocycles. The summed E-state index contributed by atoms with van der Waals surface area (Å²) in [4.78, 5) is 11.9. The molecule has 1 unspecified atom stereocenters. The number of rotatable bonds is 5. The predicted molar refractivity (Wildman–Crippen MR) is 76.4 cm³/mol. The largest absolute Gasteiger partial charge is 0.299 e. The molecular formula is C17H30O. The van der Waals surface area contributed by atoms with Crippen molar-refractivity contribution in [2.75, 3.05) is 0 Å². The second-order valence-electron chi connectivity index (χ2n) is 7.17. The van der Waals surface area contributed by atoms with E-state index in [0.29, 0.717) is 11.7 Å². The summed E-state index contributed by atoms with van der Waals surface area (Å²) in [5.74, 6) is 4.32. The van der Waals surface area contributed by atoms with E-state index < -0.39 is 0 Å². The van der Waals surface area contributed by atoms with Gasteiger partial charge in [0.2, 0.25) is 0 Å². The second-order valence-corrected chi connectivity index (χ2v) is 7.17. The third-order valence-electron chi connectivity index (χ3n) is 5.42. The number of Topliss-reactive ketones (excluding diaryl/α,β-unsaturated/α-hetero) is 1. The van der Waals surface area contributed by atoms with Crippen molar-refractivity contribution >= 4 is 5.78 Å². The van der Waals surface area contributed by atoms with Crippen LogP contribution in [0.4, 0.5) is 0 Å². The first kappa shape index (κ1) is 14.1. The molecule has 0 bridgehead atoms. The smallest absolute Gasteiger partial charge is 0.136 e. The summed E-state index contributed by atoms with van der Waals surface area (Å²) in [6, 6.07) is 0. The van der Waals surface area contributed by atoms with E-state index in [1.807, 2.05) is 0 Å². The van der Waals surface area contributed by atoms with Crippen molar-refractivity contribution in [3.05, 3.63) is 0 Å². The molecule has 0 radical (unpaired) electrons. The minimum Gasteiger partial charge on any atom is -0.299 e. The molecule has 0 heterocycles. The van der Waals surface area contributed by atoms with Crippen LogP contribution in [0.15, 0.2) is 0 Å². The lowest BCUT2D eigenvalue weighted by atomic mass is 9.73. The SMILES string of the molecule is CC(C)CCC[C@H](C)C1CC[C@H]2C(=O)CCC[C@H]12. The van der Waals surface area contributed by atoms with Crippen LogP contribution in [0.3, 0.4) is 0 Å². The first-order valence-electron chi connectivity index (χ1n) is 8.12. The fraction of sp³-hybridized carbons (Fsp3) is 0.941.